The first kappa shape index (κ1) is 8.05. The second-order valence-corrected chi connectivity index (χ2v) is 2.58. The SMILES string of the molecule is N=C(N)C(=N)S(=O)(=O)O. The van der Waals surface area contributed by atoms with Gasteiger partial charge in [0.2, 0.25) is 5.04 Å². The van der Waals surface area contributed by atoms with Crippen molar-refractivity contribution in [2.45, 2.75) is 0 Å². The monoisotopic (exact) mass is 151 g/mol. The van der Waals surface area contributed by atoms with E-state index in [1.807, 2.05) is 0 Å². The molecular formula is C2H5N3O3S. The number of hydrogen-bond donors (Lipinski definition) is 4. The summed E-state index contributed by atoms with van der Waals surface area (Å²) < 4.78 is 27.7. The number of rotatable bonds is 0. The van der Waals surface area contributed by atoms with E-state index in [4.69, 9.17) is 15.4 Å². The maximum Gasteiger partial charge on any atom is 0.315 e. The summed E-state index contributed by atoms with van der Waals surface area (Å²) in [5.74, 6) is -0.975. The van der Waals surface area contributed by atoms with E-state index in [-0.39, 0.29) is 0 Å². The molecule has 0 rings (SSSR count). The van der Waals surface area contributed by atoms with Crippen molar-refractivity contribution < 1.29 is 13.0 Å². The molecule has 7 heteroatoms. The number of hydrogen-bond acceptors (Lipinski definition) is 4. The zero-order valence-corrected chi connectivity index (χ0v) is 5.07. The van der Waals surface area contributed by atoms with Crippen molar-refractivity contribution in [3.8, 4) is 0 Å². The summed E-state index contributed by atoms with van der Waals surface area (Å²) in [7, 11) is -4.57. The predicted molar refractivity (Wildman–Crippen MR) is 31.2 cm³/mol. The Balaban J connectivity index is 4.66. The zero-order valence-electron chi connectivity index (χ0n) is 4.25. The standard InChI is InChI=1S/C2H5N3O3S/c3-1(4)2(5)9(6,7)8/h5H,(H3,3,4)(H,6,7,8). The summed E-state index contributed by atoms with van der Waals surface area (Å²) in [6.45, 7) is 0. The molecule has 9 heavy (non-hydrogen) atoms. The molecule has 0 heterocycles. The van der Waals surface area contributed by atoms with Gasteiger partial charge in [0.25, 0.3) is 0 Å². The van der Waals surface area contributed by atoms with Crippen LogP contribution in [0.2, 0.25) is 0 Å². The van der Waals surface area contributed by atoms with Crippen LogP contribution in [0, 0.1) is 10.8 Å². The van der Waals surface area contributed by atoms with Gasteiger partial charge >= 0.3 is 10.1 Å². The van der Waals surface area contributed by atoms with Crippen LogP contribution in [0.1, 0.15) is 0 Å². The molecule has 0 atom stereocenters. The van der Waals surface area contributed by atoms with Crippen LogP contribution in [0.5, 0.6) is 0 Å². The average molecular weight is 151 g/mol. The van der Waals surface area contributed by atoms with Gasteiger partial charge < -0.3 is 5.73 Å². The third-order valence-corrected chi connectivity index (χ3v) is 1.24. The zero-order chi connectivity index (χ0) is 7.65. The molecule has 0 spiro atoms. The van der Waals surface area contributed by atoms with Gasteiger partial charge in [0.05, 0.1) is 0 Å². The van der Waals surface area contributed by atoms with E-state index in [1.165, 1.54) is 0 Å². The van der Waals surface area contributed by atoms with Crippen LogP contribution >= 0.6 is 0 Å². The predicted octanol–water partition coefficient (Wildman–Crippen LogP) is -1.21. The molecule has 0 aromatic carbocycles. The Labute approximate surface area is 51.4 Å². The molecule has 0 unspecified atom stereocenters. The maximum atomic E-state index is 9.88. The molecule has 0 radical (unpaired) electrons. The number of nitrogens with two attached hydrogens (primary N) is 1. The molecule has 0 saturated carbocycles. The topological polar surface area (TPSA) is 128 Å². The third kappa shape index (κ3) is 2.20. The summed E-state index contributed by atoms with van der Waals surface area (Å²) in [5.41, 5.74) is 4.54. The highest BCUT2D eigenvalue weighted by molar-refractivity contribution is 8.03. The fourth-order valence-corrected chi connectivity index (χ4v) is 0.417. The van der Waals surface area contributed by atoms with E-state index < -0.39 is 21.0 Å². The van der Waals surface area contributed by atoms with E-state index in [1.54, 1.807) is 0 Å². The first-order chi connectivity index (χ1) is 3.85. The van der Waals surface area contributed by atoms with Gasteiger partial charge in [0, 0.05) is 0 Å². The van der Waals surface area contributed by atoms with Crippen LogP contribution in [-0.2, 0) is 10.1 Å². The van der Waals surface area contributed by atoms with Gasteiger partial charge in [0.15, 0.2) is 5.84 Å². The van der Waals surface area contributed by atoms with Crippen molar-refractivity contribution in [1.82, 2.24) is 0 Å². The second kappa shape index (κ2) is 2.11. The van der Waals surface area contributed by atoms with Crippen molar-refractivity contribution in [3.05, 3.63) is 0 Å². The minimum absolute atomic E-state index is 0.975. The van der Waals surface area contributed by atoms with Crippen LogP contribution < -0.4 is 5.73 Å². The Bertz CT molecular complexity index is 240. The molecule has 6 nitrogen and oxygen atoms in total. The third-order valence-electron chi connectivity index (χ3n) is 0.503. The molecule has 0 bridgehead atoms. The largest absolute Gasteiger partial charge is 0.382 e. The fraction of sp³-hybridized carbons (Fsp3) is 0. The molecule has 0 aliphatic rings. The van der Waals surface area contributed by atoms with Gasteiger partial charge in [-0.3, -0.25) is 15.4 Å². The summed E-state index contributed by atoms with van der Waals surface area (Å²) in [6.07, 6.45) is 0. The second-order valence-electron chi connectivity index (χ2n) is 1.22. The lowest BCUT2D eigenvalue weighted by Gasteiger charge is -1.92. The smallest absolute Gasteiger partial charge is 0.315 e. The van der Waals surface area contributed by atoms with Gasteiger partial charge in [-0.15, -0.1) is 0 Å². The summed E-state index contributed by atoms with van der Waals surface area (Å²) >= 11 is 0. The Morgan fingerprint density at radius 1 is 1.44 bits per heavy atom. The van der Waals surface area contributed by atoms with Gasteiger partial charge in [-0.25, -0.2) is 0 Å². The minimum Gasteiger partial charge on any atom is -0.382 e. The van der Waals surface area contributed by atoms with Gasteiger partial charge in [-0.1, -0.05) is 0 Å². The van der Waals surface area contributed by atoms with Crippen LogP contribution in [0.3, 0.4) is 0 Å². The van der Waals surface area contributed by atoms with E-state index in [0.717, 1.165) is 0 Å². The first-order valence-corrected chi connectivity index (χ1v) is 3.20. The highest BCUT2D eigenvalue weighted by Crippen LogP contribution is 1.83. The highest BCUT2D eigenvalue weighted by atomic mass is 32.2. The van der Waals surface area contributed by atoms with E-state index in [2.05, 4.69) is 5.73 Å². The lowest BCUT2D eigenvalue weighted by Crippen LogP contribution is -2.28. The Morgan fingerprint density at radius 3 is 1.78 bits per heavy atom. The lowest BCUT2D eigenvalue weighted by atomic mass is 10.7. The van der Waals surface area contributed by atoms with Gasteiger partial charge in [0.1, 0.15) is 0 Å². The summed E-state index contributed by atoms with van der Waals surface area (Å²) in [4.78, 5) is 0. The van der Waals surface area contributed by atoms with E-state index >= 15 is 0 Å². The van der Waals surface area contributed by atoms with Crippen LogP contribution in [0.15, 0.2) is 0 Å². The Kier molecular flexibility index (Phi) is 1.89. The molecular weight excluding hydrogens is 146 g/mol. The molecule has 0 aromatic rings. The molecule has 0 amide bonds. The van der Waals surface area contributed by atoms with Gasteiger partial charge in [-0.2, -0.15) is 8.42 Å². The maximum absolute atomic E-state index is 9.88. The van der Waals surface area contributed by atoms with Gasteiger partial charge in [-0.05, 0) is 0 Å². The van der Waals surface area contributed by atoms with Crippen molar-refractivity contribution in [2.75, 3.05) is 0 Å². The summed E-state index contributed by atoms with van der Waals surface area (Å²) in [6, 6.07) is 0. The molecule has 0 fully saturated rings. The molecule has 5 N–H and O–H groups in total. The Hall–Kier alpha value is -0.950. The summed E-state index contributed by atoms with van der Waals surface area (Å²) in [5, 5.41) is 11.5. The highest BCUT2D eigenvalue weighted by Gasteiger charge is 2.15. The lowest BCUT2D eigenvalue weighted by molar-refractivity contribution is 0.498. The van der Waals surface area contributed by atoms with Crippen molar-refractivity contribution in [2.24, 2.45) is 5.73 Å². The molecule has 0 aliphatic heterocycles. The minimum atomic E-state index is -4.57. The molecule has 0 saturated heterocycles. The van der Waals surface area contributed by atoms with E-state index in [9.17, 15) is 8.42 Å². The van der Waals surface area contributed by atoms with E-state index in [0.29, 0.717) is 0 Å². The van der Waals surface area contributed by atoms with Crippen molar-refractivity contribution in [3.63, 3.8) is 0 Å². The number of amidine groups is 1. The quantitative estimate of drug-likeness (QED) is 0.196. The molecule has 0 aromatic heterocycles. The van der Waals surface area contributed by atoms with Crippen LogP contribution in [-0.4, -0.2) is 23.8 Å². The normalized spacial score (nSPS) is 10.8. The number of nitrogens with one attached hydrogen (secondary N) is 2. The Morgan fingerprint density at radius 2 is 1.78 bits per heavy atom. The average Bonchev–Trinajstić information content (AvgIpc) is 1.62. The fourth-order valence-electron chi connectivity index (χ4n) is 0.139. The molecule has 52 valence electrons. The van der Waals surface area contributed by atoms with Crippen LogP contribution in [0.4, 0.5) is 0 Å². The molecule has 0 aliphatic carbocycles. The van der Waals surface area contributed by atoms with Crippen molar-refractivity contribution in [1.29, 1.82) is 10.8 Å². The first-order valence-electron chi connectivity index (χ1n) is 1.76. The van der Waals surface area contributed by atoms with Crippen molar-refractivity contribution >= 4 is 21.0 Å². The van der Waals surface area contributed by atoms with Crippen LogP contribution in [0.25, 0.3) is 0 Å².